The molecule has 22 heavy (non-hydrogen) atoms. The fourth-order valence-corrected chi connectivity index (χ4v) is 2.33. The molecule has 0 spiro atoms. The van der Waals surface area contributed by atoms with E-state index in [4.69, 9.17) is 0 Å². The molecule has 1 amide bonds. The molecule has 0 unspecified atom stereocenters. The number of pyridine rings is 1. The van der Waals surface area contributed by atoms with Crippen molar-refractivity contribution in [2.45, 2.75) is 32.9 Å². The van der Waals surface area contributed by atoms with E-state index in [1.165, 1.54) is 0 Å². The zero-order chi connectivity index (χ0) is 15.7. The lowest BCUT2D eigenvalue weighted by Crippen LogP contribution is -2.29. The maximum atomic E-state index is 12.5. The molecule has 0 fully saturated rings. The van der Waals surface area contributed by atoms with Crippen molar-refractivity contribution in [2.75, 3.05) is 0 Å². The Kier molecular flexibility index (Phi) is 3.58. The summed E-state index contributed by atoms with van der Waals surface area (Å²) in [4.78, 5) is 12.5. The van der Waals surface area contributed by atoms with Crippen molar-refractivity contribution in [1.29, 1.82) is 0 Å². The molecule has 0 saturated heterocycles. The first-order chi connectivity index (χ1) is 10.6. The Morgan fingerprint density at radius 2 is 1.95 bits per heavy atom. The van der Waals surface area contributed by atoms with Crippen LogP contribution >= 0.6 is 0 Å². The highest BCUT2D eigenvalue weighted by Crippen LogP contribution is 2.15. The van der Waals surface area contributed by atoms with Gasteiger partial charge in [0, 0.05) is 12.2 Å². The van der Waals surface area contributed by atoms with E-state index in [9.17, 15) is 4.79 Å². The lowest BCUT2D eigenvalue weighted by molar-refractivity contribution is 0.0938. The van der Waals surface area contributed by atoms with Gasteiger partial charge in [-0.2, -0.15) is 0 Å². The first kappa shape index (κ1) is 14.2. The van der Waals surface area contributed by atoms with Gasteiger partial charge in [-0.15, -0.1) is 20.4 Å². The van der Waals surface area contributed by atoms with Crippen LogP contribution in [0.5, 0.6) is 0 Å². The highest BCUT2D eigenvalue weighted by Gasteiger charge is 2.19. The molecule has 1 N–H and O–H groups in total. The molecule has 8 nitrogen and oxygen atoms in total. The first-order valence-corrected chi connectivity index (χ1v) is 7.06. The zero-order valence-electron chi connectivity index (χ0n) is 12.6. The van der Waals surface area contributed by atoms with Crippen LogP contribution in [0.4, 0.5) is 0 Å². The summed E-state index contributed by atoms with van der Waals surface area (Å²) < 4.78 is 3.64. The minimum absolute atomic E-state index is 0.218. The van der Waals surface area contributed by atoms with Crippen LogP contribution in [0.15, 0.2) is 31.0 Å². The zero-order valence-corrected chi connectivity index (χ0v) is 12.6. The molecule has 0 saturated carbocycles. The predicted octanol–water partition coefficient (Wildman–Crippen LogP) is 1.39. The molecule has 3 heterocycles. The molecule has 3 aromatic rings. The van der Waals surface area contributed by atoms with Crippen LogP contribution in [0.1, 0.15) is 49.0 Å². The highest BCUT2D eigenvalue weighted by molar-refractivity contribution is 5.99. The number of aromatic nitrogens is 6. The Hall–Kier alpha value is -2.77. The number of nitrogens with zero attached hydrogens (tertiary/aromatic N) is 6. The fourth-order valence-electron chi connectivity index (χ4n) is 2.33. The summed E-state index contributed by atoms with van der Waals surface area (Å²) in [7, 11) is 0. The van der Waals surface area contributed by atoms with Crippen LogP contribution in [0.3, 0.4) is 0 Å². The number of fused-ring (bicyclic) bond motifs is 1. The van der Waals surface area contributed by atoms with E-state index in [0.29, 0.717) is 11.2 Å². The average molecular weight is 299 g/mol. The van der Waals surface area contributed by atoms with Gasteiger partial charge in [0.15, 0.2) is 11.5 Å². The van der Waals surface area contributed by atoms with Gasteiger partial charge < -0.3 is 9.88 Å². The van der Waals surface area contributed by atoms with E-state index in [1.807, 2.05) is 25.3 Å². The first-order valence-electron chi connectivity index (χ1n) is 7.06. The summed E-state index contributed by atoms with van der Waals surface area (Å²) in [6.07, 6.45) is 5.03. The van der Waals surface area contributed by atoms with Gasteiger partial charge in [0.25, 0.3) is 5.91 Å². The van der Waals surface area contributed by atoms with Crippen molar-refractivity contribution < 1.29 is 4.79 Å². The highest BCUT2D eigenvalue weighted by atomic mass is 16.1. The summed E-state index contributed by atoms with van der Waals surface area (Å²) in [5, 5.41) is 18.7. The molecular formula is C14H17N7O. The fraction of sp³-hybridized carbons (Fsp3) is 0.357. The summed E-state index contributed by atoms with van der Waals surface area (Å²) in [5.41, 5.74) is 1.000. The number of hydrogen-bond donors (Lipinski definition) is 1. The smallest absolute Gasteiger partial charge is 0.255 e. The Morgan fingerprint density at radius 3 is 2.73 bits per heavy atom. The van der Waals surface area contributed by atoms with Gasteiger partial charge in [0.2, 0.25) is 0 Å². The van der Waals surface area contributed by atoms with Crippen molar-refractivity contribution in [1.82, 2.24) is 34.7 Å². The molecular weight excluding hydrogens is 282 g/mol. The van der Waals surface area contributed by atoms with Crippen molar-refractivity contribution in [3.63, 3.8) is 0 Å². The van der Waals surface area contributed by atoms with Crippen molar-refractivity contribution in [2.24, 2.45) is 0 Å². The van der Waals surface area contributed by atoms with Gasteiger partial charge in [0.05, 0.1) is 11.6 Å². The van der Waals surface area contributed by atoms with Gasteiger partial charge in [-0.05, 0) is 32.9 Å². The number of nitrogens with one attached hydrogen (secondary N) is 1. The molecule has 1 atom stereocenters. The molecule has 0 aliphatic carbocycles. The van der Waals surface area contributed by atoms with Crippen LogP contribution in [-0.4, -0.2) is 35.3 Å². The third kappa shape index (κ3) is 2.43. The number of carbonyl (C=O) groups excluding carboxylic acids is 1. The minimum Gasteiger partial charge on any atom is -0.342 e. The normalized spacial score (nSPS) is 12.7. The van der Waals surface area contributed by atoms with Crippen LogP contribution in [0.2, 0.25) is 0 Å². The third-order valence-corrected chi connectivity index (χ3v) is 3.46. The molecule has 3 rings (SSSR count). The lowest BCUT2D eigenvalue weighted by Gasteiger charge is -2.17. The van der Waals surface area contributed by atoms with Gasteiger partial charge in [0.1, 0.15) is 12.7 Å². The topological polar surface area (TPSA) is 90.0 Å². The molecule has 0 radical (unpaired) electrons. The quantitative estimate of drug-likeness (QED) is 0.786. The number of amides is 1. The molecule has 114 valence electrons. The van der Waals surface area contributed by atoms with Gasteiger partial charge in [-0.3, -0.25) is 9.20 Å². The predicted molar refractivity (Wildman–Crippen MR) is 79.3 cm³/mol. The number of hydrogen-bond acceptors (Lipinski definition) is 5. The Balaban J connectivity index is 1.85. The lowest BCUT2D eigenvalue weighted by atomic mass is 10.2. The summed E-state index contributed by atoms with van der Waals surface area (Å²) in [5.74, 6) is 0.501. The second-order valence-corrected chi connectivity index (χ2v) is 5.37. The van der Waals surface area contributed by atoms with E-state index in [1.54, 1.807) is 35.4 Å². The van der Waals surface area contributed by atoms with E-state index in [0.717, 1.165) is 5.82 Å². The van der Waals surface area contributed by atoms with Crippen LogP contribution in [0, 0.1) is 0 Å². The second kappa shape index (κ2) is 5.55. The molecule has 3 aromatic heterocycles. The molecule has 0 aliphatic rings. The third-order valence-electron chi connectivity index (χ3n) is 3.46. The van der Waals surface area contributed by atoms with Gasteiger partial charge >= 0.3 is 0 Å². The average Bonchev–Trinajstić information content (AvgIpc) is 3.15. The Morgan fingerprint density at radius 1 is 1.18 bits per heavy atom. The minimum atomic E-state index is -0.263. The van der Waals surface area contributed by atoms with E-state index >= 15 is 0 Å². The van der Waals surface area contributed by atoms with E-state index < -0.39 is 0 Å². The molecule has 0 aromatic carbocycles. The van der Waals surface area contributed by atoms with Gasteiger partial charge in [-0.1, -0.05) is 0 Å². The second-order valence-electron chi connectivity index (χ2n) is 5.37. The maximum Gasteiger partial charge on any atom is 0.255 e. The Bertz CT molecular complexity index is 804. The molecule has 0 bridgehead atoms. The van der Waals surface area contributed by atoms with Crippen LogP contribution in [0.25, 0.3) is 5.65 Å². The number of carbonyl (C=O) groups is 1. The van der Waals surface area contributed by atoms with Crippen molar-refractivity contribution in [3.05, 3.63) is 42.4 Å². The summed E-state index contributed by atoms with van der Waals surface area (Å²) in [6.45, 7) is 5.96. The van der Waals surface area contributed by atoms with E-state index in [2.05, 4.69) is 25.7 Å². The molecule has 8 heteroatoms. The monoisotopic (exact) mass is 299 g/mol. The summed E-state index contributed by atoms with van der Waals surface area (Å²) >= 11 is 0. The van der Waals surface area contributed by atoms with Crippen molar-refractivity contribution in [3.8, 4) is 0 Å². The van der Waals surface area contributed by atoms with Crippen molar-refractivity contribution >= 4 is 11.6 Å². The SMILES string of the molecule is CC(C)n1cnnc1[C@H](C)NC(=O)c1cccn2cnnc12. The number of rotatable bonds is 4. The maximum absolute atomic E-state index is 12.5. The van der Waals surface area contributed by atoms with Crippen LogP contribution in [-0.2, 0) is 0 Å². The van der Waals surface area contributed by atoms with Gasteiger partial charge in [-0.25, -0.2) is 0 Å². The Labute approximate surface area is 127 Å². The standard InChI is InChI=1S/C14H17N7O/c1-9(2)21-8-16-18-12(21)10(3)17-14(22)11-5-4-6-20-7-15-19-13(11)20/h4-10H,1-3H3,(H,17,22)/t10-/m0/s1. The van der Waals surface area contributed by atoms with Crippen LogP contribution < -0.4 is 5.32 Å². The molecule has 0 aliphatic heterocycles. The largest absolute Gasteiger partial charge is 0.342 e. The van der Waals surface area contributed by atoms with E-state index in [-0.39, 0.29) is 18.0 Å². The summed E-state index contributed by atoms with van der Waals surface area (Å²) in [6, 6.07) is 3.47.